The Morgan fingerprint density at radius 2 is 1.53 bits per heavy atom. The Labute approximate surface area is 117 Å². The molecule has 19 heavy (non-hydrogen) atoms. The number of nitrogens with one attached hydrogen (secondary N) is 2. The fourth-order valence-electron chi connectivity index (χ4n) is 2.91. The Morgan fingerprint density at radius 1 is 0.947 bits per heavy atom. The van der Waals surface area contributed by atoms with E-state index < -0.39 is 0 Å². The van der Waals surface area contributed by atoms with Crippen molar-refractivity contribution in [3.63, 3.8) is 0 Å². The molecule has 0 saturated carbocycles. The summed E-state index contributed by atoms with van der Waals surface area (Å²) in [5, 5.41) is 0. The number of anilines is 1. The van der Waals surface area contributed by atoms with Crippen LogP contribution in [0.5, 0.6) is 0 Å². The molecule has 0 radical (unpaired) electrons. The molecular weight excluding hydrogens is 234 g/mol. The zero-order valence-electron chi connectivity index (χ0n) is 12.7. The van der Waals surface area contributed by atoms with E-state index in [0.29, 0.717) is 0 Å². The molecule has 106 valence electrons. The van der Waals surface area contributed by atoms with E-state index in [2.05, 4.69) is 50.1 Å². The highest BCUT2D eigenvalue weighted by Crippen LogP contribution is 2.14. The normalized spacial score (nSPS) is 23.3. The number of likely N-dealkylation sites (N-methyl/N-ethyl adjacent to an activating group) is 1. The summed E-state index contributed by atoms with van der Waals surface area (Å²) in [4.78, 5) is 5.82. The minimum absolute atomic E-state index is 1.09. The van der Waals surface area contributed by atoms with Crippen molar-refractivity contribution in [2.45, 2.75) is 20.4 Å². The number of quaternary nitrogens is 2. The van der Waals surface area contributed by atoms with E-state index in [1.807, 2.05) is 0 Å². The first-order chi connectivity index (χ1) is 9.22. The lowest BCUT2D eigenvalue weighted by atomic mass is 10.1. The quantitative estimate of drug-likeness (QED) is 0.726. The fourth-order valence-corrected chi connectivity index (χ4v) is 2.91. The van der Waals surface area contributed by atoms with Gasteiger partial charge in [-0.1, -0.05) is 12.1 Å². The van der Waals surface area contributed by atoms with E-state index in [1.54, 1.807) is 9.80 Å². The lowest BCUT2D eigenvalue weighted by Crippen LogP contribution is -3.26. The SMILES string of the molecule is CCN(CC)c1ccc(C[NH+]2CC[NH+](C)CC2)cc1. The highest BCUT2D eigenvalue weighted by molar-refractivity contribution is 5.47. The average Bonchev–Trinajstić information content (AvgIpc) is 2.44. The van der Waals surface area contributed by atoms with Crippen molar-refractivity contribution in [1.82, 2.24) is 0 Å². The maximum atomic E-state index is 2.40. The number of hydrogen-bond acceptors (Lipinski definition) is 1. The summed E-state index contributed by atoms with van der Waals surface area (Å²) in [6.45, 7) is 13.0. The molecule has 3 nitrogen and oxygen atoms in total. The van der Waals surface area contributed by atoms with Gasteiger partial charge in [-0.05, 0) is 26.0 Å². The molecule has 0 atom stereocenters. The van der Waals surface area contributed by atoms with Crippen LogP contribution in [0.3, 0.4) is 0 Å². The Morgan fingerprint density at radius 3 is 2.05 bits per heavy atom. The van der Waals surface area contributed by atoms with Gasteiger partial charge in [0.25, 0.3) is 0 Å². The Balaban J connectivity index is 1.91. The molecule has 0 bridgehead atoms. The maximum Gasteiger partial charge on any atom is 0.127 e. The zero-order valence-corrected chi connectivity index (χ0v) is 12.7. The molecule has 0 unspecified atom stereocenters. The van der Waals surface area contributed by atoms with E-state index in [-0.39, 0.29) is 0 Å². The van der Waals surface area contributed by atoms with Crippen molar-refractivity contribution in [3.8, 4) is 0 Å². The molecule has 1 aromatic carbocycles. The van der Waals surface area contributed by atoms with Gasteiger partial charge >= 0.3 is 0 Å². The zero-order chi connectivity index (χ0) is 13.7. The first kappa shape index (κ1) is 14.4. The summed E-state index contributed by atoms with van der Waals surface area (Å²) in [7, 11) is 2.30. The van der Waals surface area contributed by atoms with Gasteiger partial charge in [-0.15, -0.1) is 0 Å². The molecule has 0 spiro atoms. The van der Waals surface area contributed by atoms with Gasteiger partial charge in [0.15, 0.2) is 0 Å². The van der Waals surface area contributed by atoms with Crippen LogP contribution in [0.25, 0.3) is 0 Å². The monoisotopic (exact) mass is 263 g/mol. The number of nitrogens with zero attached hydrogens (tertiary/aromatic N) is 1. The summed E-state index contributed by atoms with van der Waals surface area (Å²) >= 11 is 0. The smallest absolute Gasteiger partial charge is 0.127 e. The largest absolute Gasteiger partial charge is 0.372 e. The van der Waals surface area contributed by atoms with Crippen LogP contribution in [0, 0.1) is 0 Å². The molecule has 2 rings (SSSR count). The van der Waals surface area contributed by atoms with Crippen LogP contribution < -0.4 is 14.7 Å². The van der Waals surface area contributed by atoms with Gasteiger partial charge in [0.05, 0.1) is 7.05 Å². The third kappa shape index (κ3) is 3.95. The van der Waals surface area contributed by atoms with Crippen molar-refractivity contribution in [2.24, 2.45) is 0 Å². The second-order valence-corrected chi connectivity index (χ2v) is 5.72. The minimum Gasteiger partial charge on any atom is -0.372 e. The van der Waals surface area contributed by atoms with E-state index in [0.717, 1.165) is 13.1 Å². The number of hydrogen-bond donors (Lipinski definition) is 2. The Bertz CT molecular complexity index is 362. The molecule has 3 heteroatoms. The molecule has 1 aliphatic rings. The molecular formula is C16H29N3+2. The summed E-state index contributed by atoms with van der Waals surface area (Å²) in [6, 6.07) is 9.18. The lowest BCUT2D eigenvalue weighted by Gasteiger charge is -2.27. The molecule has 1 aliphatic heterocycles. The number of benzene rings is 1. The molecule has 1 heterocycles. The van der Waals surface area contributed by atoms with Crippen LogP contribution in [-0.2, 0) is 6.54 Å². The van der Waals surface area contributed by atoms with Crippen LogP contribution in [0.2, 0.25) is 0 Å². The van der Waals surface area contributed by atoms with Gasteiger partial charge in [-0.25, -0.2) is 0 Å². The van der Waals surface area contributed by atoms with Crippen molar-refractivity contribution >= 4 is 5.69 Å². The van der Waals surface area contributed by atoms with Crippen LogP contribution in [0.15, 0.2) is 24.3 Å². The molecule has 2 N–H and O–H groups in total. The number of piperazine rings is 1. The lowest BCUT2D eigenvalue weighted by molar-refractivity contribution is -1.01. The van der Waals surface area contributed by atoms with Crippen LogP contribution in [0.1, 0.15) is 19.4 Å². The van der Waals surface area contributed by atoms with E-state index >= 15 is 0 Å². The van der Waals surface area contributed by atoms with Gasteiger partial charge in [0, 0.05) is 24.3 Å². The van der Waals surface area contributed by atoms with Crippen molar-refractivity contribution in [1.29, 1.82) is 0 Å². The van der Waals surface area contributed by atoms with Crippen LogP contribution in [-0.4, -0.2) is 46.3 Å². The summed E-state index contributed by atoms with van der Waals surface area (Å²) in [6.07, 6.45) is 0. The number of rotatable bonds is 5. The summed E-state index contributed by atoms with van der Waals surface area (Å²) < 4.78 is 0. The molecule has 0 aromatic heterocycles. The summed E-state index contributed by atoms with van der Waals surface area (Å²) in [5.41, 5.74) is 2.83. The predicted octanol–water partition coefficient (Wildman–Crippen LogP) is -0.554. The molecule has 1 saturated heterocycles. The van der Waals surface area contributed by atoms with E-state index in [1.165, 1.54) is 44.0 Å². The second-order valence-electron chi connectivity index (χ2n) is 5.72. The van der Waals surface area contributed by atoms with Gasteiger partial charge in [0.1, 0.15) is 32.7 Å². The highest BCUT2D eigenvalue weighted by atomic mass is 15.2. The van der Waals surface area contributed by atoms with Gasteiger partial charge in [0.2, 0.25) is 0 Å². The first-order valence-electron chi connectivity index (χ1n) is 7.71. The fraction of sp³-hybridized carbons (Fsp3) is 0.625. The standard InChI is InChI=1S/C16H27N3/c1-4-19(5-2)16-8-6-15(7-9-16)14-18-12-10-17(3)11-13-18/h6-9H,4-5,10-14H2,1-3H3/p+2. The maximum absolute atomic E-state index is 2.40. The van der Waals surface area contributed by atoms with Crippen molar-refractivity contribution in [3.05, 3.63) is 29.8 Å². The molecule has 1 aromatic rings. The van der Waals surface area contributed by atoms with E-state index in [9.17, 15) is 0 Å². The average molecular weight is 263 g/mol. The molecule has 1 fully saturated rings. The third-order valence-corrected chi connectivity index (χ3v) is 4.33. The van der Waals surface area contributed by atoms with E-state index in [4.69, 9.17) is 0 Å². The van der Waals surface area contributed by atoms with Gasteiger partial charge in [-0.2, -0.15) is 0 Å². The molecule has 0 amide bonds. The van der Waals surface area contributed by atoms with Crippen molar-refractivity contribution in [2.75, 3.05) is 51.2 Å². The van der Waals surface area contributed by atoms with Gasteiger partial charge in [-0.3, -0.25) is 0 Å². The predicted molar refractivity (Wildman–Crippen MR) is 81.0 cm³/mol. The van der Waals surface area contributed by atoms with Crippen LogP contribution >= 0.6 is 0 Å². The highest BCUT2D eigenvalue weighted by Gasteiger charge is 2.19. The first-order valence-corrected chi connectivity index (χ1v) is 7.71. The topological polar surface area (TPSA) is 12.1 Å². The molecule has 0 aliphatic carbocycles. The Hall–Kier alpha value is -1.06. The minimum atomic E-state index is 1.09. The van der Waals surface area contributed by atoms with Crippen molar-refractivity contribution < 1.29 is 9.80 Å². The summed E-state index contributed by atoms with van der Waals surface area (Å²) in [5.74, 6) is 0. The van der Waals surface area contributed by atoms with Crippen LogP contribution in [0.4, 0.5) is 5.69 Å². The second kappa shape index (κ2) is 6.92. The van der Waals surface area contributed by atoms with Gasteiger partial charge < -0.3 is 14.7 Å². The Kier molecular flexibility index (Phi) is 5.23. The third-order valence-electron chi connectivity index (χ3n) is 4.33.